The first-order valence-corrected chi connectivity index (χ1v) is 7.76. The van der Waals surface area contributed by atoms with Crippen LogP contribution in [-0.4, -0.2) is 17.6 Å². The van der Waals surface area contributed by atoms with Gasteiger partial charge in [0.2, 0.25) is 0 Å². The number of benzene rings is 1. The van der Waals surface area contributed by atoms with Gasteiger partial charge in [0.25, 0.3) is 0 Å². The van der Waals surface area contributed by atoms with Crippen LogP contribution >= 0.6 is 0 Å². The van der Waals surface area contributed by atoms with E-state index in [-0.39, 0.29) is 0 Å². The summed E-state index contributed by atoms with van der Waals surface area (Å²) in [6.07, 6.45) is 4.41. The molecule has 0 aliphatic carbocycles. The third-order valence-corrected chi connectivity index (χ3v) is 4.38. The molecule has 2 heteroatoms. The second-order valence-corrected chi connectivity index (χ2v) is 6.42. The number of nitrogens with zero attached hydrogens (tertiary/aromatic N) is 2. The topological polar surface area (TPSA) is 16.1 Å². The van der Waals surface area contributed by atoms with Gasteiger partial charge in [-0.1, -0.05) is 26.0 Å². The SMILES string of the molecule is CC(C)c1ccnc2c3c(ccc12)CCCN3C(C)C. The average Bonchev–Trinajstić information content (AvgIpc) is 2.45. The van der Waals surface area contributed by atoms with Crippen molar-refractivity contribution in [2.45, 2.75) is 52.5 Å². The van der Waals surface area contributed by atoms with Crippen molar-refractivity contribution in [2.24, 2.45) is 0 Å². The molecular weight excluding hydrogens is 244 g/mol. The Bertz CT molecular complexity index is 629. The Morgan fingerprint density at radius 1 is 1.10 bits per heavy atom. The van der Waals surface area contributed by atoms with Gasteiger partial charge in [0.05, 0.1) is 11.2 Å². The molecule has 0 bridgehead atoms. The van der Waals surface area contributed by atoms with Crippen LogP contribution in [-0.2, 0) is 6.42 Å². The van der Waals surface area contributed by atoms with E-state index in [1.165, 1.54) is 40.6 Å². The van der Waals surface area contributed by atoms with Gasteiger partial charge in [-0.2, -0.15) is 0 Å². The minimum absolute atomic E-state index is 0.532. The van der Waals surface area contributed by atoms with Crippen molar-refractivity contribution in [1.82, 2.24) is 4.98 Å². The Morgan fingerprint density at radius 3 is 2.60 bits per heavy atom. The highest BCUT2D eigenvalue weighted by atomic mass is 15.2. The molecule has 1 aliphatic rings. The van der Waals surface area contributed by atoms with Gasteiger partial charge >= 0.3 is 0 Å². The smallest absolute Gasteiger partial charge is 0.0941 e. The Hall–Kier alpha value is -1.57. The van der Waals surface area contributed by atoms with Gasteiger partial charge in [-0.15, -0.1) is 0 Å². The molecule has 20 heavy (non-hydrogen) atoms. The maximum atomic E-state index is 4.73. The van der Waals surface area contributed by atoms with Gasteiger partial charge in [0.15, 0.2) is 0 Å². The second kappa shape index (κ2) is 5.08. The van der Waals surface area contributed by atoms with E-state index in [1.807, 2.05) is 6.20 Å². The number of rotatable bonds is 2. The van der Waals surface area contributed by atoms with Crippen molar-refractivity contribution in [1.29, 1.82) is 0 Å². The highest BCUT2D eigenvalue weighted by Crippen LogP contribution is 2.37. The molecular formula is C18H24N2. The number of aryl methyl sites for hydroxylation is 1. The van der Waals surface area contributed by atoms with Gasteiger partial charge < -0.3 is 4.90 Å². The predicted octanol–water partition coefficient (Wildman–Crippen LogP) is 4.52. The summed E-state index contributed by atoms with van der Waals surface area (Å²) in [7, 11) is 0. The highest BCUT2D eigenvalue weighted by molar-refractivity contribution is 5.95. The van der Waals surface area contributed by atoms with Crippen LogP contribution in [0.5, 0.6) is 0 Å². The summed E-state index contributed by atoms with van der Waals surface area (Å²) < 4.78 is 0. The summed E-state index contributed by atoms with van der Waals surface area (Å²) in [5, 5.41) is 1.33. The lowest BCUT2D eigenvalue weighted by molar-refractivity contribution is 0.627. The zero-order valence-electron chi connectivity index (χ0n) is 13.0. The molecule has 2 heterocycles. The normalized spacial score (nSPS) is 15.2. The number of fused-ring (bicyclic) bond motifs is 3. The molecule has 0 saturated heterocycles. The predicted molar refractivity (Wildman–Crippen MR) is 86.6 cm³/mol. The second-order valence-electron chi connectivity index (χ2n) is 6.42. The number of hydrogen-bond acceptors (Lipinski definition) is 2. The van der Waals surface area contributed by atoms with Crippen LogP contribution in [0.1, 0.15) is 51.2 Å². The largest absolute Gasteiger partial charge is 0.367 e. The standard InChI is InChI=1S/C18H24N2/c1-12(2)15-9-10-19-17-16(15)8-7-14-6-5-11-20(13(3)4)18(14)17/h7-10,12-13H,5-6,11H2,1-4H3. The average molecular weight is 268 g/mol. The molecule has 0 fully saturated rings. The molecule has 1 aromatic heterocycles. The Labute approximate surface area is 121 Å². The molecule has 2 nitrogen and oxygen atoms in total. The van der Waals surface area contributed by atoms with Crippen molar-refractivity contribution in [3.8, 4) is 0 Å². The van der Waals surface area contributed by atoms with E-state index in [4.69, 9.17) is 4.98 Å². The zero-order valence-corrected chi connectivity index (χ0v) is 13.0. The third-order valence-electron chi connectivity index (χ3n) is 4.38. The summed E-state index contributed by atoms with van der Waals surface area (Å²) in [4.78, 5) is 7.25. The van der Waals surface area contributed by atoms with E-state index >= 15 is 0 Å². The van der Waals surface area contributed by atoms with Crippen molar-refractivity contribution in [2.75, 3.05) is 11.4 Å². The highest BCUT2D eigenvalue weighted by Gasteiger charge is 2.23. The monoisotopic (exact) mass is 268 g/mol. The van der Waals surface area contributed by atoms with Crippen LogP contribution < -0.4 is 4.90 Å². The van der Waals surface area contributed by atoms with Crippen molar-refractivity contribution in [3.05, 3.63) is 35.5 Å². The molecule has 0 radical (unpaired) electrons. The van der Waals surface area contributed by atoms with Crippen LogP contribution in [0, 0.1) is 0 Å². The summed E-state index contributed by atoms with van der Waals surface area (Å²) >= 11 is 0. The maximum Gasteiger partial charge on any atom is 0.0941 e. The van der Waals surface area contributed by atoms with E-state index in [2.05, 4.69) is 50.8 Å². The molecule has 0 unspecified atom stereocenters. The number of anilines is 1. The molecule has 2 aromatic rings. The van der Waals surface area contributed by atoms with Crippen LogP contribution in [0.15, 0.2) is 24.4 Å². The first-order valence-electron chi connectivity index (χ1n) is 7.76. The van der Waals surface area contributed by atoms with Crippen LogP contribution in [0.2, 0.25) is 0 Å². The van der Waals surface area contributed by atoms with E-state index in [0.717, 1.165) is 6.54 Å². The van der Waals surface area contributed by atoms with Crippen LogP contribution in [0.3, 0.4) is 0 Å². The van der Waals surface area contributed by atoms with E-state index in [1.54, 1.807) is 0 Å². The van der Waals surface area contributed by atoms with E-state index in [0.29, 0.717) is 12.0 Å². The number of hydrogen-bond donors (Lipinski definition) is 0. The van der Waals surface area contributed by atoms with Crippen molar-refractivity contribution in [3.63, 3.8) is 0 Å². The first kappa shape index (κ1) is 13.4. The number of aromatic nitrogens is 1. The van der Waals surface area contributed by atoms with Crippen molar-refractivity contribution >= 4 is 16.6 Å². The van der Waals surface area contributed by atoms with Gasteiger partial charge in [-0.25, -0.2) is 0 Å². The minimum atomic E-state index is 0.532. The molecule has 0 atom stereocenters. The number of pyridine rings is 1. The van der Waals surface area contributed by atoms with Gasteiger partial charge in [0, 0.05) is 24.2 Å². The molecule has 0 spiro atoms. The quantitative estimate of drug-likeness (QED) is 0.796. The lowest BCUT2D eigenvalue weighted by atomic mass is 9.93. The molecule has 1 aromatic carbocycles. The van der Waals surface area contributed by atoms with Gasteiger partial charge in [-0.3, -0.25) is 4.98 Å². The van der Waals surface area contributed by atoms with Crippen LogP contribution in [0.25, 0.3) is 10.9 Å². The van der Waals surface area contributed by atoms with E-state index < -0.39 is 0 Å². The van der Waals surface area contributed by atoms with Crippen molar-refractivity contribution < 1.29 is 0 Å². The lowest BCUT2D eigenvalue weighted by Crippen LogP contribution is -2.35. The molecule has 3 rings (SSSR count). The maximum absolute atomic E-state index is 4.73. The third kappa shape index (κ3) is 2.07. The fraction of sp³-hybridized carbons (Fsp3) is 0.500. The fourth-order valence-corrected chi connectivity index (χ4v) is 3.36. The molecule has 1 aliphatic heterocycles. The van der Waals surface area contributed by atoms with Crippen LogP contribution in [0.4, 0.5) is 5.69 Å². The molecule has 0 saturated carbocycles. The summed E-state index contributed by atoms with van der Waals surface area (Å²) in [6, 6.07) is 7.30. The Kier molecular flexibility index (Phi) is 3.41. The fourth-order valence-electron chi connectivity index (χ4n) is 3.36. The minimum Gasteiger partial charge on any atom is -0.367 e. The molecule has 0 amide bonds. The van der Waals surface area contributed by atoms with E-state index in [9.17, 15) is 0 Å². The summed E-state index contributed by atoms with van der Waals surface area (Å²) in [5.74, 6) is 0.537. The Balaban J connectivity index is 2.29. The molecule has 0 N–H and O–H groups in total. The summed E-state index contributed by atoms with van der Waals surface area (Å²) in [6.45, 7) is 10.2. The zero-order chi connectivity index (χ0) is 14.3. The summed E-state index contributed by atoms with van der Waals surface area (Å²) in [5.41, 5.74) is 5.45. The van der Waals surface area contributed by atoms with Gasteiger partial charge in [-0.05, 0) is 49.8 Å². The Morgan fingerprint density at radius 2 is 1.90 bits per heavy atom. The first-order chi connectivity index (χ1) is 9.59. The molecule has 106 valence electrons. The lowest BCUT2D eigenvalue weighted by Gasteiger charge is -2.35. The van der Waals surface area contributed by atoms with Gasteiger partial charge in [0.1, 0.15) is 0 Å².